The van der Waals surface area contributed by atoms with Crippen LogP contribution in [0.25, 0.3) is 0 Å². The van der Waals surface area contributed by atoms with E-state index in [1.165, 1.54) is 5.56 Å². The van der Waals surface area contributed by atoms with Gasteiger partial charge in [-0.15, -0.1) is 11.3 Å². The van der Waals surface area contributed by atoms with Crippen LogP contribution in [0, 0.1) is 6.92 Å². The van der Waals surface area contributed by atoms with Gasteiger partial charge >= 0.3 is 0 Å². The third-order valence-electron chi connectivity index (χ3n) is 3.21. The van der Waals surface area contributed by atoms with E-state index in [9.17, 15) is 0 Å². The van der Waals surface area contributed by atoms with E-state index in [0.717, 1.165) is 44.3 Å². The Labute approximate surface area is 138 Å². The van der Waals surface area contributed by atoms with Crippen LogP contribution in [-0.2, 0) is 6.42 Å². The van der Waals surface area contributed by atoms with E-state index in [0.29, 0.717) is 0 Å². The van der Waals surface area contributed by atoms with Gasteiger partial charge in [-0.1, -0.05) is 43.5 Å². The third-order valence-corrected chi connectivity index (χ3v) is 6.70. The lowest BCUT2D eigenvalue weighted by atomic mass is 10.0. The molecule has 2 aromatic rings. The van der Waals surface area contributed by atoms with Crippen LogP contribution in [0.4, 0.5) is 0 Å². The number of alkyl halides is 1. The van der Waals surface area contributed by atoms with Crippen LogP contribution in [0.3, 0.4) is 0 Å². The van der Waals surface area contributed by atoms with E-state index in [1.54, 1.807) is 11.3 Å². The number of thiophene rings is 1. The van der Waals surface area contributed by atoms with Gasteiger partial charge in [0.05, 0.1) is 16.5 Å². The quantitative estimate of drug-likeness (QED) is 0.548. The van der Waals surface area contributed by atoms with E-state index in [1.807, 2.05) is 6.92 Å². The first-order valence-corrected chi connectivity index (χ1v) is 8.87. The number of hydrogen-bond donors (Lipinski definition) is 0. The minimum Gasteiger partial charge on any atom is -0.493 e. The standard InChI is InChI=1S/C14H11Br2ClOS/c1-7-6-19-14(12(7)17)11(16)10-5-9(15)4-8-2-3-18-13(8)10/h4-6,11H,2-3H2,1H3. The molecular formula is C14H11Br2ClOS. The number of halogens is 3. The van der Waals surface area contributed by atoms with Crippen LogP contribution in [0.5, 0.6) is 5.75 Å². The topological polar surface area (TPSA) is 9.23 Å². The van der Waals surface area contributed by atoms with Gasteiger partial charge < -0.3 is 4.74 Å². The monoisotopic (exact) mass is 420 g/mol. The zero-order valence-corrected chi connectivity index (χ0v) is 14.9. The van der Waals surface area contributed by atoms with Crippen LogP contribution in [0.1, 0.15) is 26.4 Å². The van der Waals surface area contributed by atoms with Gasteiger partial charge in [0, 0.05) is 21.3 Å². The molecule has 1 unspecified atom stereocenters. The number of fused-ring (bicyclic) bond motifs is 1. The SMILES string of the molecule is Cc1csc(C(Br)c2cc(Br)cc3c2OCC3)c1Cl. The molecule has 0 saturated heterocycles. The lowest BCUT2D eigenvalue weighted by molar-refractivity contribution is 0.354. The zero-order chi connectivity index (χ0) is 13.6. The summed E-state index contributed by atoms with van der Waals surface area (Å²) in [6.45, 7) is 2.79. The number of rotatable bonds is 2. The van der Waals surface area contributed by atoms with Crippen LogP contribution in [-0.4, -0.2) is 6.61 Å². The molecule has 0 aliphatic carbocycles. The molecule has 0 bridgehead atoms. The summed E-state index contributed by atoms with van der Waals surface area (Å²) in [6.07, 6.45) is 0.971. The predicted octanol–water partition coefficient (Wildman–Crippen LogP) is 5.89. The molecule has 2 heterocycles. The van der Waals surface area contributed by atoms with Crippen LogP contribution < -0.4 is 4.74 Å². The van der Waals surface area contributed by atoms with Crippen molar-refractivity contribution in [1.29, 1.82) is 0 Å². The van der Waals surface area contributed by atoms with Gasteiger partial charge in [-0.25, -0.2) is 0 Å². The van der Waals surface area contributed by atoms with Gasteiger partial charge in [0.25, 0.3) is 0 Å². The highest BCUT2D eigenvalue weighted by Gasteiger charge is 2.25. The smallest absolute Gasteiger partial charge is 0.127 e. The molecule has 1 aliphatic rings. The van der Waals surface area contributed by atoms with E-state index < -0.39 is 0 Å². The molecule has 0 radical (unpaired) electrons. The summed E-state index contributed by atoms with van der Waals surface area (Å²) in [6, 6.07) is 4.24. The van der Waals surface area contributed by atoms with Gasteiger partial charge in [0.2, 0.25) is 0 Å². The number of hydrogen-bond acceptors (Lipinski definition) is 2. The van der Waals surface area contributed by atoms with Crippen molar-refractivity contribution < 1.29 is 4.74 Å². The molecule has 1 aliphatic heterocycles. The van der Waals surface area contributed by atoms with Crippen LogP contribution in [0.2, 0.25) is 5.02 Å². The van der Waals surface area contributed by atoms with Crippen molar-refractivity contribution in [3.8, 4) is 5.75 Å². The van der Waals surface area contributed by atoms with Gasteiger partial charge in [0.15, 0.2) is 0 Å². The van der Waals surface area contributed by atoms with Crippen molar-refractivity contribution >= 4 is 54.8 Å². The molecule has 1 aromatic carbocycles. The Morgan fingerprint density at radius 3 is 2.89 bits per heavy atom. The molecule has 0 amide bonds. The molecule has 1 atom stereocenters. The van der Waals surface area contributed by atoms with Gasteiger partial charge in [-0.05, 0) is 35.6 Å². The molecule has 100 valence electrons. The van der Waals surface area contributed by atoms with Crippen molar-refractivity contribution in [2.45, 2.75) is 18.2 Å². The van der Waals surface area contributed by atoms with Crippen molar-refractivity contribution in [2.24, 2.45) is 0 Å². The molecule has 3 rings (SSSR count). The largest absolute Gasteiger partial charge is 0.493 e. The second-order valence-corrected chi connectivity index (χ2v) is 7.66. The molecule has 1 aromatic heterocycles. The van der Waals surface area contributed by atoms with E-state index in [4.69, 9.17) is 16.3 Å². The Morgan fingerprint density at radius 1 is 1.42 bits per heavy atom. The first-order chi connectivity index (χ1) is 9.08. The Hall–Kier alpha value is -0.0300. The number of benzene rings is 1. The van der Waals surface area contributed by atoms with Crippen molar-refractivity contribution in [1.82, 2.24) is 0 Å². The maximum atomic E-state index is 6.37. The second kappa shape index (κ2) is 5.40. The molecule has 0 saturated carbocycles. The normalized spacial score (nSPS) is 15.2. The van der Waals surface area contributed by atoms with E-state index in [2.05, 4.69) is 49.4 Å². The molecule has 19 heavy (non-hydrogen) atoms. The lowest BCUT2D eigenvalue weighted by Crippen LogP contribution is -1.96. The van der Waals surface area contributed by atoms with Crippen LogP contribution in [0.15, 0.2) is 22.0 Å². The van der Waals surface area contributed by atoms with Crippen molar-refractivity contribution in [2.75, 3.05) is 6.61 Å². The zero-order valence-electron chi connectivity index (χ0n) is 10.2. The first-order valence-electron chi connectivity index (χ1n) is 5.90. The minimum absolute atomic E-state index is 0.0723. The summed E-state index contributed by atoms with van der Waals surface area (Å²) in [5.41, 5.74) is 3.53. The highest BCUT2D eigenvalue weighted by Crippen LogP contribution is 2.46. The highest BCUT2D eigenvalue weighted by molar-refractivity contribution is 9.10. The molecule has 0 fully saturated rings. The average Bonchev–Trinajstić information content (AvgIpc) is 2.96. The van der Waals surface area contributed by atoms with Gasteiger partial charge in [0.1, 0.15) is 5.75 Å². The first kappa shape index (κ1) is 13.9. The summed E-state index contributed by atoms with van der Waals surface area (Å²) in [5.74, 6) is 1.01. The summed E-state index contributed by atoms with van der Waals surface area (Å²) < 4.78 is 6.87. The average molecular weight is 423 g/mol. The summed E-state index contributed by atoms with van der Waals surface area (Å²) in [4.78, 5) is 1.21. The van der Waals surface area contributed by atoms with E-state index >= 15 is 0 Å². The minimum atomic E-state index is 0.0723. The Kier molecular flexibility index (Phi) is 3.96. The lowest BCUT2D eigenvalue weighted by Gasteiger charge is -2.14. The fourth-order valence-electron chi connectivity index (χ4n) is 2.25. The molecule has 0 N–H and O–H groups in total. The third kappa shape index (κ3) is 2.48. The fourth-order valence-corrected chi connectivity index (χ4v) is 5.09. The van der Waals surface area contributed by atoms with Crippen molar-refractivity contribution in [3.05, 3.63) is 48.6 Å². The number of aryl methyl sites for hydroxylation is 1. The second-order valence-electron chi connectivity index (χ2n) is 4.54. The summed E-state index contributed by atoms with van der Waals surface area (Å²) in [5, 5.41) is 2.93. The maximum Gasteiger partial charge on any atom is 0.127 e. The Balaban J connectivity index is 2.10. The number of ether oxygens (including phenoxy) is 1. The van der Waals surface area contributed by atoms with Crippen LogP contribution >= 0.6 is 54.8 Å². The molecule has 0 spiro atoms. The highest BCUT2D eigenvalue weighted by atomic mass is 79.9. The van der Waals surface area contributed by atoms with Gasteiger partial charge in [-0.2, -0.15) is 0 Å². The van der Waals surface area contributed by atoms with Gasteiger partial charge in [-0.3, -0.25) is 0 Å². The summed E-state index contributed by atoms with van der Waals surface area (Å²) >= 11 is 15.4. The molecule has 5 heteroatoms. The maximum absolute atomic E-state index is 6.37. The van der Waals surface area contributed by atoms with Crippen molar-refractivity contribution in [3.63, 3.8) is 0 Å². The van der Waals surface area contributed by atoms with E-state index in [-0.39, 0.29) is 4.83 Å². The Morgan fingerprint density at radius 2 is 2.21 bits per heavy atom. The summed E-state index contributed by atoms with van der Waals surface area (Å²) in [7, 11) is 0. The Bertz CT molecular complexity index is 639. The molecular weight excluding hydrogens is 411 g/mol. The fraction of sp³-hybridized carbons (Fsp3) is 0.286. The molecule has 1 nitrogen and oxygen atoms in total. The predicted molar refractivity (Wildman–Crippen MR) is 88.2 cm³/mol.